The zero-order chi connectivity index (χ0) is 15.9. The fourth-order valence-electron chi connectivity index (χ4n) is 1.78. The Hall–Kier alpha value is -1.95. The van der Waals surface area contributed by atoms with Gasteiger partial charge in [-0.2, -0.15) is 0 Å². The zero-order valence-electron chi connectivity index (χ0n) is 11.6. The van der Waals surface area contributed by atoms with Crippen LogP contribution in [0.25, 0.3) is 0 Å². The Bertz CT molecular complexity index is 627. The molecule has 0 aliphatic heterocycles. The highest BCUT2D eigenvalue weighted by molar-refractivity contribution is 9.10. The van der Waals surface area contributed by atoms with Crippen molar-refractivity contribution in [2.75, 3.05) is 13.2 Å². The second-order valence-corrected chi connectivity index (χ2v) is 5.49. The highest BCUT2D eigenvalue weighted by atomic mass is 79.9. The van der Waals surface area contributed by atoms with Gasteiger partial charge in [0, 0.05) is 16.6 Å². The summed E-state index contributed by atoms with van der Waals surface area (Å²) in [6, 6.07) is 9.73. The second kappa shape index (κ2) is 7.89. The Kier molecular flexibility index (Phi) is 5.89. The molecule has 0 aromatic heterocycles. The van der Waals surface area contributed by atoms with Crippen molar-refractivity contribution in [2.24, 2.45) is 0 Å². The largest absolute Gasteiger partial charge is 0.494 e. The number of carbonyl (C=O) groups excluding carboxylic acids is 1. The van der Waals surface area contributed by atoms with Crippen molar-refractivity contribution in [1.29, 1.82) is 0 Å². The number of amides is 1. The predicted octanol–water partition coefficient (Wildman–Crippen LogP) is 3.93. The highest BCUT2D eigenvalue weighted by Gasteiger charge is 2.07. The van der Waals surface area contributed by atoms with Gasteiger partial charge in [-0.3, -0.25) is 4.79 Å². The van der Waals surface area contributed by atoms with Crippen LogP contribution in [0.4, 0.5) is 8.78 Å². The molecule has 1 amide bonds. The second-order valence-electron chi connectivity index (χ2n) is 4.57. The van der Waals surface area contributed by atoms with E-state index in [1.54, 1.807) is 6.07 Å². The molecule has 0 bridgehead atoms. The van der Waals surface area contributed by atoms with Gasteiger partial charge in [-0.1, -0.05) is 15.9 Å². The Morgan fingerprint density at radius 3 is 2.50 bits per heavy atom. The first-order chi connectivity index (χ1) is 10.5. The average molecular weight is 370 g/mol. The lowest BCUT2D eigenvalue weighted by Crippen LogP contribution is -2.25. The van der Waals surface area contributed by atoms with E-state index in [1.165, 1.54) is 36.4 Å². The van der Waals surface area contributed by atoms with Crippen LogP contribution in [0.1, 0.15) is 16.8 Å². The predicted molar refractivity (Wildman–Crippen MR) is 82.9 cm³/mol. The van der Waals surface area contributed by atoms with Crippen LogP contribution >= 0.6 is 15.9 Å². The molecule has 0 fully saturated rings. The summed E-state index contributed by atoms with van der Waals surface area (Å²) in [4.78, 5) is 11.8. The minimum Gasteiger partial charge on any atom is -0.494 e. The molecule has 0 spiro atoms. The molecular weight excluding hydrogens is 356 g/mol. The fourth-order valence-corrected chi connectivity index (χ4v) is 2.25. The minimum absolute atomic E-state index is 0.256. The quantitative estimate of drug-likeness (QED) is 0.783. The van der Waals surface area contributed by atoms with Crippen LogP contribution in [0.5, 0.6) is 5.75 Å². The number of benzene rings is 2. The smallest absolute Gasteiger partial charge is 0.251 e. The van der Waals surface area contributed by atoms with Crippen LogP contribution in [-0.4, -0.2) is 19.1 Å². The van der Waals surface area contributed by atoms with E-state index in [9.17, 15) is 13.6 Å². The lowest BCUT2D eigenvalue weighted by Gasteiger charge is -2.08. The number of hydrogen-bond donors (Lipinski definition) is 1. The van der Waals surface area contributed by atoms with E-state index >= 15 is 0 Å². The van der Waals surface area contributed by atoms with Gasteiger partial charge in [0.2, 0.25) is 0 Å². The molecule has 22 heavy (non-hydrogen) atoms. The summed E-state index contributed by atoms with van der Waals surface area (Å²) in [5.74, 6) is -0.566. The number of rotatable bonds is 6. The first kappa shape index (κ1) is 16.4. The van der Waals surface area contributed by atoms with Crippen LogP contribution in [0.2, 0.25) is 0 Å². The topological polar surface area (TPSA) is 38.3 Å². The Morgan fingerprint density at radius 2 is 1.82 bits per heavy atom. The molecule has 2 aromatic carbocycles. The summed E-state index contributed by atoms with van der Waals surface area (Å²) in [6.45, 7) is 0.785. The van der Waals surface area contributed by atoms with Crippen molar-refractivity contribution < 1.29 is 18.3 Å². The van der Waals surface area contributed by atoms with Crippen LogP contribution in [0.15, 0.2) is 46.9 Å². The van der Waals surface area contributed by atoms with Crippen molar-refractivity contribution in [3.8, 4) is 5.75 Å². The van der Waals surface area contributed by atoms with Gasteiger partial charge in [-0.05, 0) is 48.9 Å². The first-order valence-corrected chi connectivity index (χ1v) is 7.46. The van der Waals surface area contributed by atoms with Crippen molar-refractivity contribution in [3.05, 3.63) is 64.1 Å². The zero-order valence-corrected chi connectivity index (χ0v) is 13.2. The van der Waals surface area contributed by atoms with Crippen LogP contribution in [-0.2, 0) is 0 Å². The maximum absolute atomic E-state index is 13.2. The molecule has 116 valence electrons. The number of halogens is 3. The Balaban J connectivity index is 1.72. The molecule has 3 nitrogen and oxygen atoms in total. The van der Waals surface area contributed by atoms with E-state index in [-0.39, 0.29) is 17.3 Å². The molecule has 1 N–H and O–H groups in total. The standard InChI is InChI=1S/C16H14BrF2NO2/c17-12-8-11(9-14(19)10-12)16(21)20-6-1-7-22-15-4-2-13(18)3-5-15/h2-5,8-10H,1,6-7H2,(H,20,21). The SMILES string of the molecule is O=C(NCCCOc1ccc(F)cc1)c1cc(F)cc(Br)c1. The lowest BCUT2D eigenvalue weighted by atomic mass is 10.2. The van der Waals surface area contributed by atoms with Gasteiger partial charge in [0.1, 0.15) is 17.4 Å². The van der Waals surface area contributed by atoms with E-state index in [4.69, 9.17) is 4.74 Å². The summed E-state index contributed by atoms with van der Waals surface area (Å²) in [5, 5.41) is 2.68. The van der Waals surface area contributed by atoms with Gasteiger partial charge in [-0.15, -0.1) is 0 Å². The molecule has 0 unspecified atom stereocenters. The van der Waals surface area contributed by atoms with Gasteiger partial charge < -0.3 is 10.1 Å². The number of nitrogens with one attached hydrogen (secondary N) is 1. The summed E-state index contributed by atoms with van der Waals surface area (Å²) in [7, 11) is 0. The highest BCUT2D eigenvalue weighted by Crippen LogP contribution is 2.15. The molecule has 0 radical (unpaired) electrons. The van der Waals surface area contributed by atoms with Crippen molar-refractivity contribution in [2.45, 2.75) is 6.42 Å². The fraction of sp³-hybridized carbons (Fsp3) is 0.188. The van der Waals surface area contributed by atoms with E-state index in [0.29, 0.717) is 29.8 Å². The maximum atomic E-state index is 13.2. The van der Waals surface area contributed by atoms with Gasteiger partial charge in [0.05, 0.1) is 6.61 Å². The third kappa shape index (κ3) is 5.11. The van der Waals surface area contributed by atoms with Gasteiger partial charge in [0.25, 0.3) is 5.91 Å². The van der Waals surface area contributed by atoms with Crippen LogP contribution in [0, 0.1) is 11.6 Å². The molecule has 6 heteroatoms. The minimum atomic E-state index is -0.473. The van der Waals surface area contributed by atoms with Gasteiger partial charge in [-0.25, -0.2) is 8.78 Å². The lowest BCUT2D eigenvalue weighted by molar-refractivity contribution is 0.0951. The number of hydrogen-bond acceptors (Lipinski definition) is 2. The molecule has 0 aliphatic rings. The van der Waals surface area contributed by atoms with E-state index < -0.39 is 5.82 Å². The molecule has 2 aromatic rings. The summed E-state index contributed by atoms with van der Waals surface area (Å²) in [5.41, 5.74) is 0.256. The monoisotopic (exact) mass is 369 g/mol. The van der Waals surface area contributed by atoms with Crippen molar-refractivity contribution in [1.82, 2.24) is 5.32 Å². The Morgan fingerprint density at radius 1 is 1.09 bits per heavy atom. The summed E-state index contributed by atoms with van der Waals surface area (Å²) >= 11 is 3.14. The van der Waals surface area contributed by atoms with Crippen molar-refractivity contribution >= 4 is 21.8 Å². The Labute approximate surface area is 135 Å². The van der Waals surface area contributed by atoms with E-state index in [1.807, 2.05) is 0 Å². The third-order valence-corrected chi connectivity index (χ3v) is 3.27. The molecule has 0 saturated carbocycles. The molecular formula is C16H14BrF2NO2. The average Bonchev–Trinajstić information content (AvgIpc) is 2.47. The molecule has 0 saturated heterocycles. The molecule has 0 heterocycles. The normalized spacial score (nSPS) is 10.3. The van der Waals surface area contributed by atoms with E-state index in [0.717, 1.165) is 0 Å². The van der Waals surface area contributed by atoms with Gasteiger partial charge >= 0.3 is 0 Å². The summed E-state index contributed by atoms with van der Waals surface area (Å²) < 4.78 is 31.8. The van der Waals surface area contributed by atoms with Crippen LogP contribution < -0.4 is 10.1 Å². The third-order valence-electron chi connectivity index (χ3n) is 2.81. The molecule has 0 aliphatic carbocycles. The molecule has 2 rings (SSSR count). The number of ether oxygens (including phenoxy) is 1. The van der Waals surface area contributed by atoms with Gasteiger partial charge in [0.15, 0.2) is 0 Å². The number of carbonyl (C=O) groups is 1. The van der Waals surface area contributed by atoms with Crippen LogP contribution in [0.3, 0.4) is 0 Å². The van der Waals surface area contributed by atoms with Crippen molar-refractivity contribution in [3.63, 3.8) is 0 Å². The molecule has 0 atom stereocenters. The maximum Gasteiger partial charge on any atom is 0.251 e. The summed E-state index contributed by atoms with van der Waals surface area (Å²) in [6.07, 6.45) is 0.583. The first-order valence-electron chi connectivity index (χ1n) is 6.67. The van der Waals surface area contributed by atoms with E-state index in [2.05, 4.69) is 21.2 Å².